The minimum Gasteiger partial charge on any atom is -0.347 e. The minimum atomic E-state index is -3.92. The summed E-state index contributed by atoms with van der Waals surface area (Å²) in [6.07, 6.45) is 13.5. The van der Waals surface area contributed by atoms with E-state index in [9.17, 15) is 13.2 Å². The SMILES string of the molecule is CCCN1C(=O)C(=CC=CC=C2C=CN(CCCCS(=O)(=O)O)c3ccccc32)SC1=S. The first-order valence-electron chi connectivity index (χ1n) is 10.4. The van der Waals surface area contributed by atoms with Crippen molar-refractivity contribution in [2.75, 3.05) is 23.7 Å². The van der Waals surface area contributed by atoms with Crippen LogP contribution in [0.5, 0.6) is 0 Å². The highest BCUT2D eigenvalue weighted by atomic mass is 32.2. The highest BCUT2D eigenvalue weighted by Crippen LogP contribution is 2.33. The Morgan fingerprint density at radius 1 is 1.12 bits per heavy atom. The smallest absolute Gasteiger partial charge is 0.266 e. The summed E-state index contributed by atoms with van der Waals surface area (Å²) in [5.41, 5.74) is 3.16. The van der Waals surface area contributed by atoms with Crippen LogP contribution in [-0.4, -0.2) is 46.9 Å². The van der Waals surface area contributed by atoms with Crippen molar-refractivity contribution < 1.29 is 17.8 Å². The van der Waals surface area contributed by atoms with Crippen LogP contribution in [0.4, 0.5) is 5.69 Å². The number of allylic oxidation sites excluding steroid dienone is 6. The number of benzene rings is 1. The Balaban J connectivity index is 1.67. The zero-order chi connectivity index (χ0) is 23.1. The van der Waals surface area contributed by atoms with Crippen molar-refractivity contribution in [3.63, 3.8) is 0 Å². The first kappa shape index (κ1) is 24.4. The third kappa shape index (κ3) is 6.41. The van der Waals surface area contributed by atoms with E-state index in [0.717, 1.165) is 23.2 Å². The van der Waals surface area contributed by atoms with Gasteiger partial charge in [0.2, 0.25) is 0 Å². The van der Waals surface area contributed by atoms with Gasteiger partial charge in [-0.1, -0.05) is 67.3 Å². The van der Waals surface area contributed by atoms with Crippen LogP contribution in [0.2, 0.25) is 0 Å². The summed E-state index contributed by atoms with van der Waals surface area (Å²) in [6.45, 7) is 3.32. The topological polar surface area (TPSA) is 77.9 Å². The van der Waals surface area contributed by atoms with Crippen LogP contribution in [0, 0.1) is 0 Å². The van der Waals surface area contributed by atoms with Crippen molar-refractivity contribution in [3.05, 3.63) is 71.3 Å². The van der Waals surface area contributed by atoms with Gasteiger partial charge in [0, 0.05) is 30.5 Å². The Bertz CT molecular complexity index is 1100. The molecule has 2 aliphatic heterocycles. The molecule has 6 nitrogen and oxygen atoms in total. The van der Waals surface area contributed by atoms with Crippen LogP contribution in [0.25, 0.3) is 5.57 Å². The molecule has 0 aliphatic carbocycles. The molecule has 1 amide bonds. The lowest BCUT2D eigenvalue weighted by atomic mass is 9.99. The molecular formula is C23H26N2O4S3. The monoisotopic (exact) mass is 490 g/mol. The van der Waals surface area contributed by atoms with Gasteiger partial charge in [-0.05, 0) is 43.1 Å². The first-order chi connectivity index (χ1) is 15.3. The van der Waals surface area contributed by atoms with Crippen molar-refractivity contribution >= 4 is 55.6 Å². The molecule has 170 valence electrons. The molecule has 0 aromatic heterocycles. The van der Waals surface area contributed by atoms with E-state index >= 15 is 0 Å². The molecule has 1 saturated heterocycles. The fourth-order valence-corrected chi connectivity index (χ4v) is 5.28. The van der Waals surface area contributed by atoms with Crippen LogP contribution >= 0.6 is 24.0 Å². The quantitative estimate of drug-likeness (QED) is 0.231. The fraction of sp³-hybridized carbons (Fsp3) is 0.304. The van der Waals surface area contributed by atoms with Gasteiger partial charge in [-0.3, -0.25) is 14.2 Å². The molecule has 9 heteroatoms. The number of carbonyl (C=O) groups excluding carboxylic acids is 1. The second kappa shape index (κ2) is 11.1. The molecule has 0 spiro atoms. The lowest BCUT2D eigenvalue weighted by Crippen LogP contribution is -2.28. The van der Waals surface area contributed by atoms with Gasteiger partial charge in [0.1, 0.15) is 4.32 Å². The third-order valence-electron chi connectivity index (χ3n) is 4.97. The highest BCUT2D eigenvalue weighted by Gasteiger charge is 2.30. The Morgan fingerprint density at radius 3 is 2.62 bits per heavy atom. The number of nitrogens with zero attached hydrogens (tertiary/aromatic N) is 2. The number of rotatable bonds is 9. The number of thiocarbonyl (C=S) groups is 1. The van der Waals surface area contributed by atoms with Crippen molar-refractivity contribution in [2.45, 2.75) is 26.2 Å². The molecule has 3 rings (SSSR count). The Kier molecular flexibility index (Phi) is 8.47. The van der Waals surface area contributed by atoms with Crippen molar-refractivity contribution in [1.29, 1.82) is 0 Å². The Hall–Kier alpha value is -2.20. The molecule has 2 heterocycles. The number of thioether (sulfide) groups is 1. The van der Waals surface area contributed by atoms with Crippen LogP contribution in [0.1, 0.15) is 31.7 Å². The molecule has 2 aliphatic rings. The molecule has 0 radical (unpaired) electrons. The molecule has 1 aromatic rings. The molecule has 0 atom stereocenters. The van der Waals surface area contributed by atoms with E-state index < -0.39 is 10.1 Å². The van der Waals surface area contributed by atoms with Gasteiger partial charge in [0.25, 0.3) is 16.0 Å². The van der Waals surface area contributed by atoms with Crippen LogP contribution < -0.4 is 4.90 Å². The number of anilines is 1. The first-order valence-corrected chi connectivity index (χ1v) is 13.3. The summed E-state index contributed by atoms with van der Waals surface area (Å²) in [5, 5.41) is 0. The predicted molar refractivity (Wildman–Crippen MR) is 136 cm³/mol. The van der Waals surface area contributed by atoms with Crippen molar-refractivity contribution in [3.8, 4) is 0 Å². The predicted octanol–water partition coefficient (Wildman–Crippen LogP) is 4.78. The second-order valence-electron chi connectivity index (χ2n) is 7.38. The van der Waals surface area contributed by atoms with Gasteiger partial charge in [-0.15, -0.1) is 0 Å². The normalized spacial score (nSPS) is 19.1. The van der Waals surface area contributed by atoms with Crippen molar-refractivity contribution in [1.82, 2.24) is 4.90 Å². The zero-order valence-electron chi connectivity index (χ0n) is 17.8. The molecule has 32 heavy (non-hydrogen) atoms. The minimum absolute atomic E-state index is 0.0355. The summed E-state index contributed by atoms with van der Waals surface area (Å²) in [6, 6.07) is 8.01. The lowest BCUT2D eigenvalue weighted by molar-refractivity contribution is -0.122. The lowest BCUT2D eigenvalue weighted by Gasteiger charge is -2.27. The summed E-state index contributed by atoms with van der Waals surface area (Å²) >= 11 is 6.62. The van der Waals surface area contributed by atoms with Gasteiger partial charge < -0.3 is 4.90 Å². The van der Waals surface area contributed by atoms with E-state index in [1.165, 1.54) is 11.8 Å². The van der Waals surface area contributed by atoms with E-state index in [1.54, 1.807) is 11.0 Å². The number of para-hydroxylation sites is 1. The van der Waals surface area contributed by atoms with Gasteiger partial charge >= 0.3 is 0 Å². The maximum atomic E-state index is 12.4. The highest BCUT2D eigenvalue weighted by molar-refractivity contribution is 8.26. The van der Waals surface area contributed by atoms with Gasteiger partial charge in [0.15, 0.2) is 0 Å². The molecule has 1 aromatic carbocycles. The molecule has 0 saturated carbocycles. The largest absolute Gasteiger partial charge is 0.347 e. The zero-order valence-corrected chi connectivity index (χ0v) is 20.3. The van der Waals surface area contributed by atoms with E-state index in [-0.39, 0.29) is 11.7 Å². The van der Waals surface area contributed by atoms with Crippen LogP contribution in [-0.2, 0) is 14.9 Å². The summed E-state index contributed by atoms with van der Waals surface area (Å²) in [7, 11) is -3.92. The summed E-state index contributed by atoms with van der Waals surface area (Å²) in [5.74, 6) is -0.258. The van der Waals surface area contributed by atoms with Crippen molar-refractivity contribution in [2.24, 2.45) is 0 Å². The van der Waals surface area contributed by atoms with Gasteiger partial charge in [-0.2, -0.15) is 8.42 Å². The molecule has 1 fully saturated rings. The Labute approximate surface area is 199 Å². The Morgan fingerprint density at radius 2 is 1.88 bits per heavy atom. The van der Waals surface area contributed by atoms with E-state index in [0.29, 0.717) is 35.2 Å². The number of amides is 1. The van der Waals surface area contributed by atoms with E-state index in [2.05, 4.69) is 4.90 Å². The van der Waals surface area contributed by atoms with E-state index in [1.807, 2.05) is 61.7 Å². The number of fused-ring (bicyclic) bond motifs is 1. The second-order valence-corrected chi connectivity index (χ2v) is 10.6. The van der Waals surface area contributed by atoms with Crippen LogP contribution in [0.15, 0.2) is 65.8 Å². The number of hydrogen-bond acceptors (Lipinski definition) is 6. The number of carbonyl (C=O) groups is 1. The molecule has 0 bridgehead atoms. The van der Waals surface area contributed by atoms with E-state index in [4.69, 9.17) is 16.8 Å². The van der Waals surface area contributed by atoms with Gasteiger partial charge in [-0.25, -0.2) is 0 Å². The number of unbranched alkanes of at least 4 members (excludes halogenated alkanes) is 1. The third-order valence-corrected chi connectivity index (χ3v) is 7.17. The maximum absolute atomic E-state index is 12.4. The summed E-state index contributed by atoms with van der Waals surface area (Å²) in [4.78, 5) is 16.8. The maximum Gasteiger partial charge on any atom is 0.266 e. The number of hydrogen-bond donors (Lipinski definition) is 1. The molecular weight excluding hydrogens is 464 g/mol. The standard InChI is InChI=1S/C23H26N2O4S3/c1-2-14-25-22(26)21(31-23(25)30)12-6-3-9-18-13-16-24(15-7-8-17-32(27,28)29)20-11-5-4-10-19(18)20/h3-6,9-13,16H,2,7-8,14-15,17H2,1H3,(H,27,28,29). The molecule has 0 unspecified atom stereocenters. The fourth-order valence-electron chi connectivity index (χ4n) is 3.45. The average Bonchev–Trinajstić information content (AvgIpc) is 3.02. The van der Waals surface area contributed by atoms with Gasteiger partial charge in [0.05, 0.1) is 10.7 Å². The molecule has 1 N–H and O–H groups in total. The average molecular weight is 491 g/mol. The van der Waals surface area contributed by atoms with Crippen LogP contribution in [0.3, 0.4) is 0 Å². The summed E-state index contributed by atoms with van der Waals surface area (Å²) < 4.78 is 31.3.